The molecule has 2 fully saturated rings. The SMILES string of the molecule is COc1ccc(S(=O)(=O)N2CCC(C(=O)N3CCC(Cc4ccccc4)CC3)CC2)cc1. The molecular weight excluding hydrogens is 424 g/mol. The molecule has 2 saturated heterocycles. The second-order valence-corrected chi connectivity index (χ2v) is 10.8. The second-order valence-electron chi connectivity index (χ2n) is 8.81. The molecule has 4 rings (SSSR count). The average Bonchev–Trinajstić information content (AvgIpc) is 2.85. The summed E-state index contributed by atoms with van der Waals surface area (Å²) in [4.78, 5) is 15.3. The number of piperidine rings is 2. The molecule has 0 N–H and O–H groups in total. The summed E-state index contributed by atoms with van der Waals surface area (Å²) < 4.78 is 32.5. The van der Waals surface area contributed by atoms with Gasteiger partial charge >= 0.3 is 0 Å². The van der Waals surface area contributed by atoms with Gasteiger partial charge < -0.3 is 9.64 Å². The maximum absolute atomic E-state index is 13.1. The van der Waals surface area contributed by atoms with Crippen LogP contribution in [0, 0.1) is 11.8 Å². The Labute approximate surface area is 191 Å². The standard InChI is InChI=1S/C25H32N2O4S/c1-31-23-7-9-24(10-8-23)32(29,30)27-17-13-22(14-18-27)25(28)26-15-11-21(12-16-26)19-20-5-3-2-4-6-20/h2-10,21-22H,11-19H2,1H3. The van der Waals surface area contributed by atoms with Gasteiger partial charge in [-0.3, -0.25) is 4.79 Å². The third-order valence-electron chi connectivity index (χ3n) is 6.79. The normalized spacial score (nSPS) is 19.1. The Kier molecular flexibility index (Phi) is 7.16. The van der Waals surface area contributed by atoms with Crippen molar-refractivity contribution in [1.29, 1.82) is 0 Å². The van der Waals surface area contributed by atoms with Crippen molar-refractivity contribution in [2.24, 2.45) is 11.8 Å². The molecule has 2 aliphatic rings. The first kappa shape index (κ1) is 22.8. The number of hydrogen-bond donors (Lipinski definition) is 0. The van der Waals surface area contributed by atoms with Gasteiger partial charge in [0.1, 0.15) is 5.75 Å². The summed E-state index contributed by atoms with van der Waals surface area (Å²) in [5.74, 6) is 1.37. The fourth-order valence-corrected chi connectivity index (χ4v) is 6.27. The first-order valence-electron chi connectivity index (χ1n) is 11.4. The number of benzene rings is 2. The lowest BCUT2D eigenvalue weighted by atomic mass is 9.89. The minimum absolute atomic E-state index is 0.0806. The fraction of sp³-hybridized carbons (Fsp3) is 0.480. The number of sulfonamides is 1. The Hall–Kier alpha value is -2.38. The van der Waals surface area contributed by atoms with Crippen LogP contribution in [0.1, 0.15) is 31.2 Å². The van der Waals surface area contributed by atoms with Gasteiger partial charge in [0.15, 0.2) is 0 Å². The van der Waals surface area contributed by atoms with Crippen molar-refractivity contribution in [2.75, 3.05) is 33.3 Å². The minimum Gasteiger partial charge on any atom is -0.497 e. The maximum atomic E-state index is 13.1. The van der Waals surface area contributed by atoms with E-state index in [-0.39, 0.29) is 16.7 Å². The van der Waals surface area contributed by atoms with E-state index in [0.717, 1.165) is 32.4 Å². The van der Waals surface area contributed by atoms with Crippen LogP contribution in [0.15, 0.2) is 59.5 Å². The Bertz CT molecular complexity index is 992. The van der Waals surface area contributed by atoms with Gasteiger partial charge in [-0.25, -0.2) is 8.42 Å². The zero-order valence-corrected chi connectivity index (χ0v) is 19.5. The van der Waals surface area contributed by atoms with Crippen LogP contribution >= 0.6 is 0 Å². The molecule has 32 heavy (non-hydrogen) atoms. The predicted molar refractivity (Wildman–Crippen MR) is 124 cm³/mol. The molecule has 2 heterocycles. The van der Waals surface area contributed by atoms with Gasteiger partial charge in [0.05, 0.1) is 12.0 Å². The first-order chi connectivity index (χ1) is 15.5. The summed E-state index contributed by atoms with van der Waals surface area (Å²) in [7, 11) is -1.99. The average molecular weight is 457 g/mol. The molecule has 7 heteroatoms. The lowest BCUT2D eigenvalue weighted by Gasteiger charge is -2.37. The summed E-state index contributed by atoms with van der Waals surface area (Å²) in [6.45, 7) is 2.38. The Balaban J connectivity index is 1.27. The van der Waals surface area contributed by atoms with E-state index in [2.05, 4.69) is 24.3 Å². The van der Waals surface area contributed by atoms with E-state index in [1.165, 1.54) is 9.87 Å². The molecule has 0 unspecified atom stereocenters. The predicted octanol–water partition coefficient (Wildman–Crippen LogP) is 3.58. The highest BCUT2D eigenvalue weighted by molar-refractivity contribution is 7.89. The van der Waals surface area contributed by atoms with Crippen LogP contribution in [0.4, 0.5) is 0 Å². The molecule has 6 nitrogen and oxygen atoms in total. The summed E-state index contributed by atoms with van der Waals surface area (Å²) in [6.07, 6.45) is 4.30. The topological polar surface area (TPSA) is 66.9 Å². The van der Waals surface area contributed by atoms with Crippen molar-refractivity contribution in [2.45, 2.75) is 37.0 Å². The van der Waals surface area contributed by atoms with E-state index in [9.17, 15) is 13.2 Å². The van der Waals surface area contributed by atoms with Gasteiger partial charge in [0.25, 0.3) is 0 Å². The highest BCUT2D eigenvalue weighted by atomic mass is 32.2. The molecule has 0 bridgehead atoms. The van der Waals surface area contributed by atoms with Gasteiger partial charge in [0.2, 0.25) is 15.9 Å². The summed E-state index contributed by atoms with van der Waals surface area (Å²) in [6, 6.07) is 17.0. The van der Waals surface area contributed by atoms with E-state index in [1.807, 2.05) is 11.0 Å². The molecule has 0 spiro atoms. The Morgan fingerprint density at radius 3 is 2.12 bits per heavy atom. The molecule has 0 aliphatic carbocycles. The quantitative estimate of drug-likeness (QED) is 0.666. The first-order valence-corrected chi connectivity index (χ1v) is 12.9. The number of amides is 1. The van der Waals surface area contributed by atoms with Crippen LogP contribution < -0.4 is 4.74 Å². The van der Waals surface area contributed by atoms with Crippen molar-refractivity contribution >= 4 is 15.9 Å². The molecule has 0 atom stereocenters. The molecule has 0 saturated carbocycles. The molecule has 2 aromatic carbocycles. The lowest BCUT2D eigenvalue weighted by molar-refractivity contribution is -0.138. The van der Waals surface area contributed by atoms with Crippen molar-refractivity contribution in [3.8, 4) is 5.75 Å². The van der Waals surface area contributed by atoms with E-state index >= 15 is 0 Å². The fourth-order valence-electron chi connectivity index (χ4n) is 4.80. The highest BCUT2D eigenvalue weighted by Gasteiger charge is 2.34. The van der Waals surface area contributed by atoms with Crippen molar-refractivity contribution in [3.05, 3.63) is 60.2 Å². The van der Waals surface area contributed by atoms with Crippen molar-refractivity contribution in [1.82, 2.24) is 9.21 Å². The summed E-state index contributed by atoms with van der Waals surface area (Å²) >= 11 is 0. The maximum Gasteiger partial charge on any atom is 0.243 e. The molecule has 172 valence electrons. The molecule has 2 aromatic rings. The van der Waals surface area contributed by atoms with Crippen LogP contribution in [0.5, 0.6) is 5.75 Å². The highest BCUT2D eigenvalue weighted by Crippen LogP contribution is 2.28. The summed E-state index contributed by atoms with van der Waals surface area (Å²) in [5, 5.41) is 0. The number of carbonyl (C=O) groups is 1. The second kappa shape index (κ2) is 10.0. The van der Waals surface area contributed by atoms with Crippen LogP contribution in [0.3, 0.4) is 0 Å². The monoisotopic (exact) mass is 456 g/mol. The van der Waals surface area contributed by atoms with Crippen LogP contribution in [0.2, 0.25) is 0 Å². The van der Waals surface area contributed by atoms with Gasteiger partial charge in [-0.2, -0.15) is 4.31 Å². The molecule has 1 amide bonds. The third-order valence-corrected chi connectivity index (χ3v) is 8.71. The number of methoxy groups -OCH3 is 1. The van der Waals surface area contributed by atoms with E-state index in [1.54, 1.807) is 31.4 Å². The zero-order chi connectivity index (χ0) is 22.6. The third kappa shape index (κ3) is 5.15. The number of nitrogens with zero attached hydrogens (tertiary/aromatic N) is 2. The van der Waals surface area contributed by atoms with Gasteiger partial charge in [-0.1, -0.05) is 30.3 Å². The zero-order valence-electron chi connectivity index (χ0n) is 18.7. The van der Waals surface area contributed by atoms with E-state index < -0.39 is 10.0 Å². The van der Waals surface area contributed by atoms with Crippen LogP contribution in [-0.2, 0) is 21.2 Å². The van der Waals surface area contributed by atoms with Crippen molar-refractivity contribution < 1.29 is 17.9 Å². The number of ether oxygens (including phenoxy) is 1. The molecule has 2 aliphatic heterocycles. The van der Waals surface area contributed by atoms with Gasteiger partial charge in [-0.15, -0.1) is 0 Å². The number of hydrogen-bond acceptors (Lipinski definition) is 4. The molecular formula is C25H32N2O4S. The number of rotatable bonds is 6. The smallest absolute Gasteiger partial charge is 0.243 e. The van der Waals surface area contributed by atoms with Gasteiger partial charge in [-0.05, 0) is 67.9 Å². The minimum atomic E-state index is -3.55. The summed E-state index contributed by atoms with van der Waals surface area (Å²) in [5.41, 5.74) is 1.36. The van der Waals surface area contributed by atoms with Crippen LogP contribution in [-0.4, -0.2) is 56.8 Å². The lowest BCUT2D eigenvalue weighted by Crippen LogP contribution is -2.46. The number of carbonyl (C=O) groups excluding carboxylic acids is 1. The Morgan fingerprint density at radius 2 is 1.53 bits per heavy atom. The number of likely N-dealkylation sites (tertiary alicyclic amines) is 1. The van der Waals surface area contributed by atoms with E-state index in [0.29, 0.717) is 37.6 Å². The van der Waals surface area contributed by atoms with Crippen LogP contribution in [0.25, 0.3) is 0 Å². The molecule has 0 radical (unpaired) electrons. The largest absolute Gasteiger partial charge is 0.497 e. The van der Waals surface area contributed by atoms with Crippen molar-refractivity contribution in [3.63, 3.8) is 0 Å². The van der Waals surface area contributed by atoms with E-state index in [4.69, 9.17) is 4.74 Å². The van der Waals surface area contributed by atoms with Gasteiger partial charge in [0, 0.05) is 32.1 Å². The molecule has 0 aromatic heterocycles. The Morgan fingerprint density at radius 1 is 0.906 bits per heavy atom.